The van der Waals surface area contributed by atoms with Gasteiger partial charge in [-0.25, -0.2) is 0 Å². The molecule has 1 fully saturated rings. The normalized spacial score (nSPS) is 18.8. The van der Waals surface area contributed by atoms with Gasteiger partial charge in [0.25, 0.3) is 5.91 Å². The zero-order valence-electron chi connectivity index (χ0n) is 10.6. The van der Waals surface area contributed by atoms with Crippen LogP contribution in [0, 0.1) is 0 Å². The molecule has 0 spiro atoms. The fraction of sp³-hybridized carbons (Fsp3) is 0.308. The number of likely N-dealkylation sites (N-methyl/N-ethyl adjacent to an activating group) is 1. The highest BCUT2D eigenvalue weighted by atomic mass is 16.2. The molecule has 2 rings (SSSR count). The van der Waals surface area contributed by atoms with E-state index < -0.39 is 6.04 Å². The quantitative estimate of drug-likeness (QED) is 0.576. The van der Waals surface area contributed by atoms with E-state index in [0.717, 1.165) is 4.90 Å². The third-order valence-corrected chi connectivity index (χ3v) is 3.12. The molecule has 0 radical (unpaired) electrons. The van der Waals surface area contributed by atoms with Gasteiger partial charge in [-0.2, -0.15) is 0 Å². The maximum absolute atomic E-state index is 11.8. The summed E-state index contributed by atoms with van der Waals surface area (Å²) >= 11 is 0. The number of nitrogen functional groups attached to an aromatic ring is 1. The number of nitrogens with one attached hydrogen (secondary N) is 1. The average molecular weight is 261 g/mol. The molecule has 1 aliphatic rings. The first kappa shape index (κ1) is 13.1. The molecular weight excluding hydrogens is 246 g/mol. The maximum Gasteiger partial charge on any atom is 0.252 e. The van der Waals surface area contributed by atoms with E-state index in [4.69, 9.17) is 5.73 Å². The minimum Gasteiger partial charge on any atom is -0.398 e. The third kappa shape index (κ3) is 2.73. The number of nitrogens with two attached hydrogens (primary N) is 1. The Kier molecular flexibility index (Phi) is 3.50. The molecule has 0 bridgehead atoms. The Bertz CT molecular complexity index is 542. The van der Waals surface area contributed by atoms with Crippen LogP contribution in [-0.4, -0.2) is 35.7 Å². The van der Waals surface area contributed by atoms with Gasteiger partial charge in [-0.05, 0) is 11.6 Å². The van der Waals surface area contributed by atoms with Crippen molar-refractivity contribution in [1.82, 2.24) is 10.2 Å². The molecule has 6 nitrogen and oxygen atoms in total. The molecule has 100 valence electrons. The molecule has 1 unspecified atom stereocenters. The molecule has 1 aromatic rings. The second-order valence-electron chi connectivity index (χ2n) is 4.49. The van der Waals surface area contributed by atoms with Crippen molar-refractivity contribution in [3.05, 3.63) is 29.8 Å². The van der Waals surface area contributed by atoms with E-state index >= 15 is 0 Å². The van der Waals surface area contributed by atoms with Gasteiger partial charge in [-0.15, -0.1) is 0 Å². The van der Waals surface area contributed by atoms with Crippen molar-refractivity contribution in [2.45, 2.75) is 18.9 Å². The highest BCUT2D eigenvalue weighted by Crippen LogP contribution is 2.13. The largest absolute Gasteiger partial charge is 0.398 e. The standard InChI is InChI=1S/C13H15N3O3/c1-16-12(18)7-10(13(16)19)15-11(17)6-8-4-2-3-5-9(8)14/h2-5,10H,6-7,14H2,1H3,(H,15,17). The van der Waals surface area contributed by atoms with Crippen molar-refractivity contribution in [2.75, 3.05) is 12.8 Å². The van der Waals surface area contributed by atoms with E-state index in [9.17, 15) is 14.4 Å². The zero-order chi connectivity index (χ0) is 14.0. The highest BCUT2D eigenvalue weighted by Gasteiger charge is 2.36. The van der Waals surface area contributed by atoms with E-state index in [-0.39, 0.29) is 30.6 Å². The molecule has 1 atom stereocenters. The Labute approximate surface area is 110 Å². The van der Waals surface area contributed by atoms with Crippen LogP contribution in [0.1, 0.15) is 12.0 Å². The van der Waals surface area contributed by atoms with Crippen molar-refractivity contribution >= 4 is 23.4 Å². The summed E-state index contributed by atoms with van der Waals surface area (Å²) in [6.07, 6.45) is 0.111. The number of benzene rings is 1. The summed E-state index contributed by atoms with van der Waals surface area (Å²) in [4.78, 5) is 35.8. The van der Waals surface area contributed by atoms with Gasteiger partial charge in [0.15, 0.2) is 0 Å². The van der Waals surface area contributed by atoms with Gasteiger partial charge in [-0.1, -0.05) is 18.2 Å². The summed E-state index contributed by atoms with van der Waals surface area (Å²) in [7, 11) is 1.41. The van der Waals surface area contributed by atoms with Gasteiger partial charge in [-0.3, -0.25) is 19.3 Å². The van der Waals surface area contributed by atoms with Gasteiger partial charge >= 0.3 is 0 Å². The minimum absolute atomic E-state index is 0.0192. The second-order valence-corrected chi connectivity index (χ2v) is 4.49. The maximum atomic E-state index is 11.8. The number of likely N-dealkylation sites (tertiary alicyclic amines) is 1. The lowest BCUT2D eigenvalue weighted by Gasteiger charge is -2.11. The lowest BCUT2D eigenvalue weighted by Crippen LogP contribution is -2.41. The van der Waals surface area contributed by atoms with Crippen LogP contribution in [0.4, 0.5) is 5.69 Å². The van der Waals surface area contributed by atoms with E-state index in [2.05, 4.69) is 5.32 Å². The van der Waals surface area contributed by atoms with E-state index in [1.807, 2.05) is 0 Å². The summed E-state index contributed by atoms with van der Waals surface area (Å²) in [6, 6.07) is 6.28. The van der Waals surface area contributed by atoms with Gasteiger partial charge in [0.05, 0.1) is 12.8 Å². The monoisotopic (exact) mass is 261 g/mol. The molecule has 0 aliphatic carbocycles. The molecule has 0 aromatic heterocycles. The van der Waals surface area contributed by atoms with Crippen LogP contribution in [0.2, 0.25) is 0 Å². The summed E-state index contributed by atoms with van der Waals surface area (Å²) < 4.78 is 0. The number of imide groups is 1. The minimum atomic E-state index is -0.755. The molecule has 3 N–H and O–H groups in total. The molecule has 6 heteroatoms. The molecule has 1 saturated heterocycles. The Balaban J connectivity index is 1.98. The molecular formula is C13H15N3O3. The van der Waals surface area contributed by atoms with Crippen molar-refractivity contribution in [3.8, 4) is 0 Å². The first-order chi connectivity index (χ1) is 8.99. The Morgan fingerprint density at radius 3 is 2.68 bits per heavy atom. The lowest BCUT2D eigenvalue weighted by atomic mass is 10.1. The summed E-state index contributed by atoms with van der Waals surface area (Å²) in [6.45, 7) is 0. The highest BCUT2D eigenvalue weighted by molar-refractivity contribution is 6.06. The lowest BCUT2D eigenvalue weighted by molar-refractivity contribution is -0.138. The first-order valence-corrected chi connectivity index (χ1v) is 5.92. The number of amides is 3. The molecule has 19 heavy (non-hydrogen) atoms. The van der Waals surface area contributed by atoms with Crippen LogP contribution in [0.15, 0.2) is 24.3 Å². The van der Waals surface area contributed by atoms with Gasteiger partial charge in [0.1, 0.15) is 6.04 Å². The van der Waals surface area contributed by atoms with Gasteiger partial charge < -0.3 is 11.1 Å². The SMILES string of the molecule is CN1C(=O)CC(NC(=O)Cc2ccccc2N)C1=O. The molecule has 1 aliphatic heterocycles. The summed E-state index contributed by atoms with van der Waals surface area (Å²) in [5, 5.41) is 2.56. The second kappa shape index (κ2) is 5.09. The fourth-order valence-electron chi connectivity index (χ4n) is 1.98. The number of nitrogens with zero attached hydrogens (tertiary/aromatic N) is 1. The predicted molar refractivity (Wildman–Crippen MR) is 68.9 cm³/mol. The van der Waals surface area contributed by atoms with Gasteiger partial charge in [0.2, 0.25) is 11.8 Å². The van der Waals surface area contributed by atoms with E-state index in [1.165, 1.54) is 7.05 Å². The molecule has 0 saturated carbocycles. The zero-order valence-corrected chi connectivity index (χ0v) is 10.6. The van der Waals surface area contributed by atoms with Crippen molar-refractivity contribution in [3.63, 3.8) is 0 Å². The number of carbonyl (C=O) groups excluding carboxylic acids is 3. The number of para-hydroxylation sites is 1. The van der Waals surface area contributed by atoms with Crippen LogP contribution < -0.4 is 11.1 Å². The fourth-order valence-corrected chi connectivity index (χ4v) is 1.98. The number of hydrogen-bond donors (Lipinski definition) is 2. The van der Waals surface area contributed by atoms with E-state index in [1.54, 1.807) is 24.3 Å². The topological polar surface area (TPSA) is 92.5 Å². The molecule has 1 aromatic carbocycles. The number of anilines is 1. The summed E-state index contributed by atoms with van der Waals surface area (Å²) in [5.74, 6) is -0.978. The first-order valence-electron chi connectivity index (χ1n) is 5.92. The van der Waals surface area contributed by atoms with Crippen LogP contribution in [0.5, 0.6) is 0 Å². The summed E-state index contributed by atoms with van der Waals surface area (Å²) in [5.41, 5.74) is 6.97. The Morgan fingerprint density at radius 2 is 2.11 bits per heavy atom. The Morgan fingerprint density at radius 1 is 1.42 bits per heavy atom. The predicted octanol–water partition coefficient (Wildman–Crippen LogP) is -0.315. The molecule has 3 amide bonds. The number of hydrogen-bond acceptors (Lipinski definition) is 4. The van der Waals surface area contributed by atoms with Crippen molar-refractivity contribution in [2.24, 2.45) is 0 Å². The van der Waals surface area contributed by atoms with Crippen molar-refractivity contribution in [1.29, 1.82) is 0 Å². The third-order valence-electron chi connectivity index (χ3n) is 3.12. The van der Waals surface area contributed by atoms with Gasteiger partial charge in [0, 0.05) is 12.7 Å². The number of rotatable bonds is 3. The number of carbonyl (C=O) groups is 3. The van der Waals surface area contributed by atoms with Crippen molar-refractivity contribution < 1.29 is 14.4 Å². The van der Waals surface area contributed by atoms with Crippen LogP contribution in [0.3, 0.4) is 0 Å². The van der Waals surface area contributed by atoms with Crippen LogP contribution in [-0.2, 0) is 20.8 Å². The molecule has 1 heterocycles. The van der Waals surface area contributed by atoms with E-state index in [0.29, 0.717) is 11.3 Å². The Hall–Kier alpha value is -2.37. The van der Waals surface area contributed by atoms with Crippen LogP contribution >= 0.6 is 0 Å². The average Bonchev–Trinajstić information content (AvgIpc) is 2.60. The van der Waals surface area contributed by atoms with Crippen LogP contribution in [0.25, 0.3) is 0 Å². The smallest absolute Gasteiger partial charge is 0.252 e.